The van der Waals surface area contributed by atoms with E-state index in [4.69, 9.17) is 14.6 Å². The van der Waals surface area contributed by atoms with Gasteiger partial charge < -0.3 is 14.6 Å². The number of hydrogen-bond acceptors (Lipinski definition) is 6. The minimum atomic E-state index is -1.10. The minimum Gasteiger partial charge on any atom is -0.490 e. The number of aliphatic carboxylic acids is 1. The third-order valence-corrected chi connectivity index (χ3v) is 5.18. The molecule has 2 amide bonds. The summed E-state index contributed by atoms with van der Waals surface area (Å²) in [5.74, 6) is -0.831. The summed E-state index contributed by atoms with van der Waals surface area (Å²) in [6.07, 6.45) is 2.48. The summed E-state index contributed by atoms with van der Waals surface area (Å²) in [5, 5.41) is 8.43. The van der Waals surface area contributed by atoms with E-state index < -0.39 is 18.5 Å². The van der Waals surface area contributed by atoms with Gasteiger partial charge in [-0.2, -0.15) is 0 Å². The van der Waals surface area contributed by atoms with Crippen LogP contribution in [0.25, 0.3) is 6.08 Å². The Hall–Kier alpha value is -3.26. The second kappa shape index (κ2) is 9.49. The Morgan fingerprint density at radius 2 is 1.80 bits per heavy atom. The Balaban J connectivity index is 1.85. The number of ether oxygens (including phenoxy) is 2. The zero-order valence-corrected chi connectivity index (χ0v) is 17.4. The highest BCUT2D eigenvalue weighted by Crippen LogP contribution is 2.37. The molecule has 1 saturated heterocycles. The molecular weight excluding hydrogens is 406 g/mol. The zero-order chi connectivity index (χ0) is 21.7. The van der Waals surface area contributed by atoms with E-state index in [9.17, 15) is 14.4 Å². The molecule has 0 spiro atoms. The van der Waals surface area contributed by atoms with E-state index in [0.29, 0.717) is 34.3 Å². The van der Waals surface area contributed by atoms with Gasteiger partial charge in [0.1, 0.15) is 0 Å². The van der Waals surface area contributed by atoms with Crippen molar-refractivity contribution in [3.63, 3.8) is 0 Å². The highest BCUT2D eigenvalue weighted by Gasteiger charge is 2.36. The van der Waals surface area contributed by atoms with Gasteiger partial charge in [0.2, 0.25) is 0 Å². The van der Waals surface area contributed by atoms with Crippen LogP contribution >= 0.6 is 11.8 Å². The van der Waals surface area contributed by atoms with Crippen LogP contribution in [-0.2, 0) is 16.0 Å². The van der Waals surface area contributed by atoms with Crippen molar-refractivity contribution in [3.8, 4) is 11.5 Å². The lowest BCUT2D eigenvalue weighted by Crippen LogP contribution is -2.27. The fourth-order valence-corrected chi connectivity index (χ4v) is 3.71. The van der Waals surface area contributed by atoms with Gasteiger partial charge in [0, 0.05) is 0 Å². The molecule has 0 aliphatic carbocycles. The highest BCUT2D eigenvalue weighted by atomic mass is 32.2. The molecule has 1 heterocycles. The number of nitrogens with zero attached hydrogens (tertiary/aromatic N) is 1. The maximum atomic E-state index is 12.8. The normalized spacial score (nSPS) is 15.0. The van der Waals surface area contributed by atoms with Crippen LogP contribution in [0.2, 0.25) is 0 Å². The first kappa shape index (κ1) is 21.4. The van der Waals surface area contributed by atoms with Crippen molar-refractivity contribution in [1.29, 1.82) is 0 Å². The van der Waals surface area contributed by atoms with Gasteiger partial charge in [-0.1, -0.05) is 25.1 Å². The number of benzene rings is 2. The van der Waals surface area contributed by atoms with Gasteiger partial charge in [0.25, 0.3) is 11.1 Å². The first-order valence-corrected chi connectivity index (χ1v) is 10.2. The van der Waals surface area contributed by atoms with Gasteiger partial charge >= 0.3 is 5.97 Å². The van der Waals surface area contributed by atoms with Crippen molar-refractivity contribution in [2.75, 3.05) is 18.1 Å². The number of carbonyl (C=O) groups is 3. The summed E-state index contributed by atoms with van der Waals surface area (Å²) in [5.41, 5.74) is 2.29. The second-order valence-corrected chi connectivity index (χ2v) is 7.35. The van der Waals surface area contributed by atoms with E-state index in [1.54, 1.807) is 43.3 Å². The maximum Gasteiger partial charge on any atom is 0.341 e. The number of carboxylic acid groups (broad SMARTS) is 1. The molecule has 156 valence electrons. The quantitative estimate of drug-likeness (QED) is 0.626. The van der Waals surface area contributed by atoms with E-state index in [2.05, 4.69) is 0 Å². The predicted molar refractivity (Wildman–Crippen MR) is 115 cm³/mol. The number of hydrogen-bond donors (Lipinski definition) is 1. The molecule has 30 heavy (non-hydrogen) atoms. The lowest BCUT2D eigenvalue weighted by molar-refractivity contribution is -0.139. The van der Waals surface area contributed by atoms with Gasteiger partial charge in [0.15, 0.2) is 18.1 Å². The summed E-state index contributed by atoms with van der Waals surface area (Å²) in [4.78, 5) is 37.5. The molecule has 8 heteroatoms. The molecule has 0 radical (unpaired) electrons. The Morgan fingerprint density at radius 1 is 1.07 bits per heavy atom. The van der Waals surface area contributed by atoms with E-state index >= 15 is 0 Å². The lowest BCUT2D eigenvalue weighted by Gasteiger charge is -2.13. The summed E-state index contributed by atoms with van der Waals surface area (Å²) in [6.45, 7) is 3.70. The standard InChI is InChI=1S/C22H21NO6S/c1-3-14-5-8-16(9-6-14)23-21(26)19(30-22(23)27)12-15-7-10-17(29-13-20(24)25)18(11-15)28-4-2/h5-12H,3-4,13H2,1-2H3,(H,24,25)/b19-12+. The SMILES string of the molecule is CCOc1cc(/C=C2/SC(=O)N(c3ccc(CC)cc3)C2=O)ccc1OCC(=O)O. The fraction of sp³-hybridized carbons (Fsp3) is 0.227. The average Bonchev–Trinajstić information content (AvgIpc) is 3.00. The predicted octanol–water partition coefficient (Wildman–Crippen LogP) is 4.35. The first-order chi connectivity index (χ1) is 14.4. The van der Waals surface area contributed by atoms with Crippen LogP contribution in [-0.4, -0.2) is 35.4 Å². The van der Waals surface area contributed by atoms with E-state index in [0.717, 1.165) is 28.6 Å². The Morgan fingerprint density at radius 3 is 2.43 bits per heavy atom. The maximum absolute atomic E-state index is 12.8. The van der Waals surface area contributed by atoms with Crippen LogP contribution in [0.5, 0.6) is 11.5 Å². The Bertz CT molecular complexity index is 999. The average molecular weight is 427 g/mol. The zero-order valence-electron chi connectivity index (χ0n) is 16.6. The number of anilines is 1. The highest BCUT2D eigenvalue weighted by molar-refractivity contribution is 8.19. The summed E-state index contributed by atoms with van der Waals surface area (Å²) >= 11 is 0.868. The summed E-state index contributed by atoms with van der Waals surface area (Å²) in [7, 11) is 0. The second-order valence-electron chi connectivity index (χ2n) is 6.36. The van der Waals surface area contributed by atoms with Gasteiger partial charge in [-0.15, -0.1) is 0 Å². The number of rotatable bonds is 8. The topological polar surface area (TPSA) is 93.1 Å². The fourth-order valence-electron chi connectivity index (χ4n) is 2.86. The molecule has 2 aromatic carbocycles. The largest absolute Gasteiger partial charge is 0.490 e. The molecule has 0 unspecified atom stereocenters. The minimum absolute atomic E-state index is 0.292. The smallest absolute Gasteiger partial charge is 0.341 e. The van der Waals surface area contributed by atoms with E-state index in [1.165, 1.54) is 0 Å². The van der Waals surface area contributed by atoms with Crippen molar-refractivity contribution < 1.29 is 29.0 Å². The Kier molecular flexibility index (Phi) is 6.79. The number of carbonyl (C=O) groups excluding carboxylic acids is 2. The van der Waals surface area contributed by atoms with Crippen LogP contribution < -0.4 is 14.4 Å². The van der Waals surface area contributed by atoms with Crippen LogP contribution in [0.4, 0.5) is 10.5 Å². The van der Waals surface area contributed by atoms with E-state index in [-0.39, 0.29) is 5.24 Å². The molecule has 1 N–H and O–H groups in total. The van der Waals surface area contributed by atoms with Crippen molar-refractivity contribution in [3.05, 3.63) is 58.5 Å². The molecule has 2 aromatic rings. The third kappa shape index (κ3) is 4.83. The van der Waals surface area contributed by atoms with Gasteiger partial charge in [-0.05, 0) is 66.6 Å². The van der Waals surface area contributed by atoms with Crippen LogP contribution in [0, 0.1) is 0 Å². The summed E-state index contributed by atoms with van der Waals surface area (Å²) in [6, 6.07) is 12.2. The lowest BCUT2D eigenvalue weighted by atomic mass is 10.1. The number of thioether (sulfide) groups is 1. The molecule has 0 aromatic heterocycles. The molecular formula is C22H21NO6S. The molecule has 1 aliphatic rings. The van der Waals surface area contributed by atoms with Crippen LogP contribution in [0.15, 0.2) is 47.4 Å². The molecule has 0 bridgehead atoms. The van der Waals surface area contributed by atoms with E-state index in [1.807, 2.05) is 19.1 Å². The first-order valence-electron chi connectivity index (χ1n) is 9.41. The van der Waals surface area contributed by atoms with Gasteiger partial charge in [0.05, 0.1) is 17.2 Å². The molecule has 7 nitrogen and oxygen atoms in total. The molecule has 0 atom stereocenters. The molecule has 1 aliphatic heterocycles. The number of amides is 2. The summed E-state index contributed by atoms with van der Waals surface area (Å²) < 4.78 is 10.7. The third-order valence-electron chi connectivity index (χ3n) is 4.31. The number of imide groups is 1. The van der Waals surface area contributed by atoms with Crippen LogP contribution in [0.1, 0.15) is 25.0 Å². The molecule has 3 rings (SSSR count). The van der Waals surface area contributed by atoms with Crippen LogP contribution in [0.3, 0.4) is 0 Å². The monoisotopic (exact) mass is 427 g/mol. The van der Waals surface area contributed by atoms with Crippen molar-refractivity contribution in [2.24, 2.45) is 0 Å². The van der Waals surface area contributed by atoms with Gasteiger partial charge in [-0.3, -0.25) is 9.59 Å². The van der Waals surface area contributed by atoms with Crippen molar-refractivity contribution >= 4 is 40.6 Å². The number of aryl methyl sites for hydroxylation is 1. The Labute approximate surface area is 178 Å². The molecule has 0 saturated carbocycles. The number of carboxylic acids is 1. The van der Waals surface area contributed by atoms with Gasteiger partial charge in [-0.25, -0.2) is 9.69 Å². The van der Waals surface area contributed by atoms with Crippen molar-refractivity contribution in [1.82, 2.24) is 0 Å². The molecule has 1 fully saturated rings. The van der Waals surface area contributed by atoms with Crippen molar-refractivity contribution in [2.45, 2.75) is 20.3 Å².